The summed E-state index contributed by atoms with van der Waals surface area (Å²) in [6.45, 7) is 5.56. The highest BCUT2D eigenvalue weighted by Crippen LogP contribution is 2.27. The highest BCUT2D eigenvalue weighted by molar-refractivity contribution is 5.92. The maximum absolute atomic E-state index is 11.1. The van der Waals surface area contributed by atoms with Crippen molar-refractivity contribution < 1.29 is 14.3 Å². The highest BCUT2D eigenvalue weighted by Gasteiger charge is 2.20. The molecule has 0 radical (unpaired) electrons. The van der Waals surface area contributed by atoms with Gasteiger partial charge in [-0.2, -0.15) is 0 Å². The first kappa shape index (κ1) is 11.4. The molecule has 0 atom stereocenters. The van der Waals surface area contributed by atoms with Crippen molar-refractivity contribution in [1.82, 2.24) is 4.98 Å². The zero-order chi connectivity index (χ0) is 12.6. The van der Waals surface area contributed by atoms with E-state index in [-0.39, 0.29) is 5.76 Å². The molecule has 4 nitrogen and oxygen atoms in total. The van der Waals surface area contributed by atoms with Crippen LogP contribution in [0.15, 0.2) is 22.6 Å². The van der Waals surface area contributed by atoms with Crippen molar-refractivity contribution in [2.75, 3.05) is 0 Å². The number of carboxylic acid groups (broad SMARTS) is 1. The van der Waals surface area contributed by atoms with Crippen LogP contribution in [0.3, 0.4) is 0 Å². The van der Waals surface area contributed by atoms with E-state index in [1.165, 1.54) is 0 Å². The van der Waals surface area contributed by atoms with Crippen LogP contribution >= 0.6 is 0 Å². The molecule has 0 saturated carbocycles. The summed E-state index contributed by atoms with van der Waals surface area (Å²) in [5, 5.41) is 9.05. The molecule has 1 aromatic carbocycles. The Kier molecular flexibility index (Phi) is 2.71. The fraction of sp³-hybridized carbons (Fsp3) is 0.231. The van der Waals surface area contributed by atoms with Crippen molar-refractivity contribution in [2.45, 2.75) is 20.8 Å². The van der Waals surface area contributed by atoms with E-state index in [2.05, 4.69) is 4.98 Å². The minimum absolute atomic E-state index is 0.102. The Morgan fingerprint density at radius 1 is 1.29 bits per heavy atom. The predicted molar refractivity (Wildman–Crippen MR) is 63.1 cm³/mol. The van der Waals surface area contributed by atoms with Crippen molar-refractivity contribution in [3.63, 3.8) is 0 Å². The summed E-state index contributed by atoms with van der Waals surface area (Å²) in [6, 6.07) is 5.79. The van der Waals surface area contributed by atoms with E-state index >= 15 is 0 Å². The van der Waals surface area contributed by atoms with Crippen molar-refractivity contribution >= 4 is 5.97 Å². The van der Waals surface area contributed by atoms with Gasteiger partial charge in [0.05, 0.1) is 0 Å². The van der Waals surface area contributed by atoms with E-state index in [1.807, 2.05) is 32.0 Å². The summed E-state index contributed by atoms with van der Waals surface area (Å²) >= 11 is 0. The number of hydrogen-bond acceptors (Lipinski definition) is 3. The van der Waals surface area contributed by atoms with Crippen molar-refractivity contribution in [1.29, 1.82) is 0 Å². The standard InChI is InChI=1S/C13H13NO3/c1-7-4-5-10(8(2)6-7)11-12(13(15)16)17-9(3)14-11/h4-6H,1-3H3,(H,15,16). The lowest BCUT2D eigenvalue weighted by atomic mass is 10.0. The van der Waals surface area contributed by atoms with Crippen LogP contribution < -0.4 is 0 Å². The number of hydrogen-bond donors (Lipinski definition) is 1. The molecule has 1 heterocycles. The van der Waals surface area contributed by atoms with Crippen LogP contribution in [0.2, 0.25) is 0 Å². The number of carboxylic acids is 1. The van der Waals surface area contributed by atoms with Crippen LogP contribution in [0, 0.1) is 20.8 Å². The average molecular weight is 231 g/mol. The number of nitrogens with zero attached hydrogens (tertiary/aromatic N) is 1. The van der Waals surface area contributed by atoms with E-state index in [0.717, 1.165) is 16.7 Å². The van der Waals surface area contributed by atoms with E-state index in [9.17, 15) is 4.79 Å². The molecular weight excluding hydrogens is 218 g/mol. The van der Waals surface area contributed by atoms with Gasteiger partial charge in [0.2, 0.25) is 5.76 Å². The van der Waals surface area contributed by atoms with Gasteiger partial charge in [0.1, 0.15) is 5.69 Å². The van der Waals surface area contributed by atoms with Crippen LogP contribution in [0.1, 0.15) is 27.6 Å². The Labute approximate surface area is 98.9 Å². The van der Waals surface area contributed by atoms with Gasteiger partial charge in [-0.25, -0.2) is 9.78 Å². The van der Waals surface area contributed by atoms with Crippen LogP contribution in [0.25, 0.3) is 11.3 Å². The van der Waals surface area contributed by atoms with E-state index in [1.54, 1.807) is 6.92 Å². The largest absolute Gasteiger partial charge is 0.475 e. The minimum atomic E-state index is -1.10. The summed E-state index contributed by atoms with van der Waals surface area (Å²) in [5.74, 6) is -0.840. The molecule has 0 fully saturated rings. The van der Waals surface area contributed by atoms with Crippen LogP contribution in [-0.2, 0) is 0 Å². The third-order valence-electron chi connectivity index (χ3n) is 2.57. The second kappa shape index (κ2) is 4.05. The Hall–Kier alpha value is -2.10. The molecule has 88 valence electrons. The van der Waals surface area contributed by atoms with Crippen molar-refractivity contribution in [3.8, 4) is 11.3 Å². The fourth-order valence-corrected chi connectivity index (χ4v) is 1.83. The van der Waals surface area contributed by atoms with E-state index in [4.69, 9.17) is 9.52 Å². The molecule has 0 amide bonds. The van der Waals surface area contributed by atoms with Crippen LogP contribution in [0.5, 0.6) is 0 Å². The molecule has 0 aliphatic rings. The number of rotatable bonds is 2. The molecule has 1 N–H and O–H groups in total. The molecule has 1 aromatic heterocycles. The van der Waals surface area contributed by atoms with Gasteiger partial charge in [-0.3, -0.25) is 0 Å². The third-order valence-corrected chi connectivity index (χ3v) is 2.57. The van der Waals surface area contributed by atoms with Gasteiger partial charge in [-0.05, 0) is 19.4 Å². The van der Waals surface area contributed by atoms with Crippen LogP contribution in [0.4, 0.5) is 0 Å². The summed E-state index contributed by atoms with van der Waals surface area (Å²) < 4.78 is 5.11. The normalized spacial score (nSPS) is 10.5. The predicted octanol–water partition coefficient (Wildman–Crippen LogP) is 2.97. The number of aromatic nitrogens is 1. The van der Waals surface area contributed by atoms with Gasteiger partial charge in [-0.15, -0.1) is 0 Å². The second-order valence-corrected chi connectivity index (χ2v) is 4.03. The number of benzene rings is 1. The smallest absolute Gasteiger partial charge is 0.374 e. The molecule has 2 aromatic rings. The molecule has 2 rings (SSSR count). The lowest BCUT2D eigenvalue weighted by Crippen LogP contribution is -1.97. The Morgan fingerprint density at radius 2 is 2.00 bits per heavy atom. The number of aryl methyl sites for hydroxylation is 3. The molecule has 4 heteroatoms. The summed E-state index contributed by atoms with van der Waals surface area (Å²) in [7, 11) is 0. The highest BCUT2D eigenvalue weighted by atomic mass is 16.4. The van der Waals surface area contributed by atoms with E-state index < -0.39 is 5.97 Å². The van der Waals surface area contributed by atoms with Gasteiger partial charge in [-0.1, -0.05) is 23.8 Å². The Bertz CT molecular complexity index is 584. The SMILES string of the molecule is Cc1ccc(-c2nc(C)oc2C(=O)O)c(C)c1. The zero-order valence-corrected chi connectivity index (χ0v) is 9.94. The third kappa shape index (κ3) is 2.06. The maximum atomic E-state index is 11.1. The summed E-state index contributed by atoms with van der Waals surface area (Å²) in [4.78, 5) is 15.2. The van der Waals surface area contributed by atoms with Gasteiger partial charge < -0.3 is 9.52 Å². The molecule has 17 heavy (non-hydrogen) atoms. The summed E-state index contributed by atoms with van der Waals surface area (Å²) in [6.07, 6.45) is 0. The lowest BCUT2D eigenvalue weighted by Gasteiger charge is -2.04. The van der Waals surface area contributed by atoms with E-state index in [0.29, 0.717) is 11.6 Å². The van der Waals surface area contributed by atoms with Crippen molar-refractivity contribution in [3.05, 3.63) is 41.0 Å². The molecule has 0 unspecified atom stereocenters. The minimum Gasteiger partial charge on any atom is -0.475 e. The molecule has 0 saturated heterocycles. The second-order valence-electron chi connectivity index (χ2n) is 4.03. The molecule has 0 aliphatic heterocycles. The monoisotopic (exact) mass is 231 g/mol. The summed E-state index contributed by atoms with van der Waals surface area (Å²) in [5.41, 5.74) is 3.31. The first-order valence-electron chi connectivity index (χ1n) is 5.27. The Balaban J connectivity index is 2.63. The Morgan fingerprint density at radius 3 is 2.59 bits per heavy atom. The van der Waals surface area contributed by atoms with Gasteiger partial charge in [0.15, 0.2) is 5.89 Å². The van der Waals surface area contributed by atoms with Gasteiger partial charge in [0, 0.05) is 12.5 Å². The maximum Gasteiger partial charge on any atom is 0.374 e. The van der Waals surface area contributed by atoms with Crippen molar-refractivity contribution in [2.24, 2.45) is 0 Å². The molecule has 0 aliphatic carbocycles. The number of aromatic carboxylic acids is 1. The number of oxazole rings is 1. The zero-order valence-electron chi connectivity index (χ0n) is 9.94. The molecule has 0 spiro atoms. The molecular formula is C13H13NO3. The quantitative estimate of drug-likeness (QED) is 0.863. The lowest BCUT2D eigenvalue weighted by molar-refractivity contribution is 0.0662. The average Bonchev–Trinajstić information content (AvgIpc) is 2.60. The first-order chi connectivity index (χ1) is 7.99. The fourth-order valence-electron chi connectivity index (χ4n) is 1.83. The van der Waals surface area contributed by atoms with Crippen LogP contribution in [-0.4, -0.2) is 16.1 Å². The molecule has 0 bridgehead atoms. The van der Waals surface area contributed by atoms with Gasteiger partial charge >= 0.3 is 5.97 Å². The van der Waals surface area contributed by atoms with Gasteiger partial charge in [0.25, 0.3) is 0 Å². The topological polar surface area (TPSA) is 63.3 Å². The number of carbonyl (C=O) groups is 1. The first-order valence-corrected chi connectivity index (χ1v) is 5.27.